The highest BCUT2D eigenvalue weighted by Gasteiger charge is 2.26. The molecular formula is C13H25N3O. The SMILES string of the molecule is COC1CCCC1CNC(N)=NCC1CCC1. The van der Waals surface area contributed by atoms with E-state index in [0.29, 0.717) is 18.0 Å². The van der Waals surface area contributed by atoms with Gasteiger partial charge in [0.2, 0.25) is 0 Å². The monoisotopic (exact) mass is 239 g/mol. The highest BCUT2D eigenvalue weighted by molar-refractivity contribution is 5.77. The molecule has 0 aromatic rings. The molecule has 4 nitrogen and oxygen atoms in total. The molecule has 98 valence electrons. The molecule has 3 N–H and O–H groups in total. The summed E-state index contributed by atoms with van der Waals surface area (Å²) in [4.78, 5) is 4.40. The lowest BCUT2D eigenvalue weighted by Gasteiger charge is -2.23. The maximum atomic E-state index is 5.86. The molecule has 0 amide bonds. The first-order valence-corrected chi connectivity index (χ1v) is 6.86. The summed E-state index contributed by atoms with van der Waals surface area (Å²) < 4.78 is 5.46. The first kappa shape index (κ1) is 12.7. The summed E-state index contributed by atoms with van der Waals surface area (Å²) in [6.45, 7) is 1.80. The Morgan fingerprint density at radius 3 is 2.71 bits per heavy atom. The number of hydrogen-bond donors (Lipinski definition) is 2. The second kappa shape index (κ2) is 6.24. The van der Waals surface area contributed by atoms with Gasteiger partial charge in [-0.1, -0.05) is 12.8 Å². The summed E-state index contributed by atoms with van der Waals surface area (Å²) in [5.41, 5.74) is 5.86. The summed E-state index contributed by atoms with van der Waals surface area (Å²) in [7, 11) is 1.80. The fraction of sp³-hybridized carbons (Fsp3) is 0.923. The van der Waals surface area contributed by atoms with Crippen molar-refractivity contribution in [2.45, 2.75) is 44.6 Å². The summed E-state index contributed by atoms with van der Waals surface area (Å²) in [5.74, 6) is 1.99. The zero-order chi connectivity index (χ0) is 12.1. The van der Waals surface area contributed by atoms with E-state index in [2.05, 4.69) is 10.3 Å². The Morgan fingerprint density at radius 1 is 1.29 bits per heavy atom. The molecule has 0 saturated heterocycles. The quantitative estimate of drug-likeness (QED) is 0.564. The average molecular weight is 239 g/mol. The second-order valence-electron chi connectivity index (χ2n) is 5.37. The Balaban J connectivity index is 1.65. The molecule has 17 heavy (non-hydrogen) atoms. The van der Waals surface area contributed by atoms with Gasteiger partial charge in [0.05, 0.1) is 6.10 Å². The van der Waals surface area contributed by atoms with Crippen LogP contribution < -0.4 is 11.1 Å². The number of nitrogens with two attached hydrogens (primary N) is 1. The van der Waals surface area contributed by atoms with E-state index < -0.39 is 0 Å². The van der Waals surface area contributed by atoms with Crippen molar-refractivity contribution in [3.63, 3.8) is 0 Å². The van der Waals surface area contributed by atoms with Crippen LogP contribution >= 0.6 is 0 Å². The molecule has 4 heteroatoms. The van der Waals surface area contributed by atoms with Crippen LogP contribution in [0.5, 0.6) is 0 Å². The van der Waals surface area contributed by atoms with Gasteiger partial charge >= 0.3 is 0 Å². The van der Waals surface area contributed by atoms with Crippen molar-refractivity contribution in [1.82, 2.24) is 5.32 Å². The minimum Gasteiger partial charge on any atom is -0.381 e. The number of nitrogens with zero attached hydrogens (tertiary/aromatic N) is 1. The molecular weight excluding hydrogens is 214 g/mol. The van der Waals surface area contributed by atoms with Crippen molar-refractivity contribution in [3.05, 3.63) is 0 Å². The fourth-order valence-corrected chi connectivity index (χ4v) is 2.74. The third kappa shape index (κ3) is 3.60. The lowest BCUT2D eigenvalue weighted by atomic mass is 9.86. The predicted molar refractivity (Wildman–Crippen MR) is 70.0 cm³/mol. The van der Waals surface area contributed by atoms with Crippen molar-refractivity contribution in [2.75, 3.05) is 20.2 Å². The van der Waals surface area contributed by atoms with Crippen molar-refractivity contribution in [2.24, 2.45) is 22.6 Å². The molecule has 0 bridgehead atoms. The molecule has 2 atom stereocenters. The first-order valence-electron chi connectivity index (χ1n) is 6.86. The van der Waals surface area contributed by atoms with Gasteiger partial charge in [-0.3, -0.25) is 4.99 Å². The van der Waals surface area contributed by atoms with Crippen LogP contribution in [0, 0.1) is 11.8 Å². The number of guanidine groups is 1. The van der Waals surface area contributed by atoms with E-state index in [1.165, 1.54) is 38.5 Å². The third-order valence-electron chi connectivity index (χ3n) is 4.18. The number of aliphatic imine (C=N–C) groups is 1. The molecule has 0 aromatic heterocycles. The molecule has 0 aliphatic heterocycles. The molecule has 0 aromatic carbocycles. The third-order valence-corrected chi connectivity index (χ3v) is 4.18. The Hall–Kier alpha value is -0.770. The van der Waals surface area contributed by atoms with E-state index in [9.17, 15) is 0 Å². The lowest BCUT2D eigenvalue weighted by Crippen LogP contribution is -2.38. The Labute approximate surface area is 104 Å². The number of ether oxygens (including phenoxy) is 1. The Morgan fingerprint density at radius 2 is 2.06 bits per heavy atom. The van der Waals surface area contributed by atoms with E-state index in [4.69, 9.17) is 10.5 Å². The van der Waals surface area contributed by atoms with Crippen LogP contribution in [-0.2, 0) is 4.74 Å². The number of methoxy groups -OCH3 is 1. The summed E-state index contributed by atoms with van der Waals surface area (Å²) >= 11 is 0. The fourth-order valence-electron chi connectivity index (χ4n) is 2.74. The average Bonchev–Trinajstić information content (AvgIpc) is 2.71. The number of hydrogen-bond acceptors (Lipinski definition) is 2. The highest BCUT2D eigenvalue weighted by Crippen LogP contribution is 2.27. The van der Waals surface area contributed by atoms with Gasteiger partial charge in [0.1, 0.15) is 0 Å². The van der Waals surface area contributed by atoms with Gasteiger partial charge in [0.15, 0.2) is 5.96 Å². The zero-order valence-corrected chi connectivity index (χ0v) is 10.8. The summed E-state index contributed by atoms with van der Waals surface area (Å²) in [6, 6.07) is 0. The largest absolute Gasteiger partial charge is 0.381 e. The van der Waals surface area contributed by atoms with Crippen molar-refractivity contribution in [3.8, 4) is 0 Å². The predicted octanol–water partition coefficient (Wildman–Crippen LogP) is 1.51. The normalized spacial score (nSPS) is 30.3. The van der Waals surface area contributed by atoms with E-state index in [1.807, 2.05) is 0 Å². The minimum absolute atomic E-state index is 0.405. The molecule has 2 rings (SSSR count). The van der Waals surface area contributed by atoms with Crippen LogP contribution in [0.4, 0.5) is 0 Å². The molecule has 2 saturated carbocycles. The van der Waals surface area contributed by atoms with Crippen LogP contribution in [0.15, 0.2) is 4.99 Å². The van der Waals surface area contributed by atoms with Crippen molar-refractivity contribution in [1.29, 1.82) is 0 Å². The van der Waals surface area contributed by atoms with E-state index in [-0.39, 0.29) is 0 Å². The minimum atomic E-state index is 0.405. The summed E-state index contributed by atoms with van der Waals surface area (Å²) in [5, 5.41) is 3.24. The van der Waals surface area contributed by atoms with Crippen molar-refractivity contribution < 1.29 is 4.74 Å². The molecule has 2 aliphatic carbocycles. The summed E-state index contributed by atoms with van der Waals surface area (Å²) in [6.07, 6.45) is 8.11. The Bertz CT molecular complexity index is 263. The molecule has 0 spiro atoms. The highest BCUT2D eigenvalue weighted by atomic mass is 16.5. The topological polar surface area (TPSA) is 59.6 Å². The van der Waals surface area contributed by atoms with Crippen molar-refractivity contribution >= 4 is 5.96 Å². The maximum absolute atomic E-state index is 5.86. The molecule has 2 aliphatic rings. The number of nitrogens with one attached hydrogen (secondary N) is 1. The van der Waals surface area contributed by atoms with Gasteiger partial charge in [-0.25, -0.2) is 0 Å². The molecule has 0 radical (unpaired) electrons. The van der Waals surface area contributed by atoms with Gasteiger partial charge in [0.25, 0.3) is 0 Å². The van der Waals surface area contributed by atoms with Gasteiger partial charge in [0, 0.05) is 26.1 Å². The zero-order valence-electron chi connectivity index (χ0n) is 10.8. The smallest absolute Gasteiger partial charge is 0.188 e. The van der Waals surface area contributed by atoms with Crippen LogP contribution in [0.2, 0.25) is 0 Å². The van der Waals surface area contributed by atoms with E-state index in [0.717, 1.165) is 19.0 Å². The second-order valence-corrected chi connectivity index (χ2v) is 5.37. The van der Waals surface area contributed by atoms with E-state index in [1.54, 1.807) is 7.11 Å². The van der Waals surface area contributed by atoms with E-state index >= 15 is 0 Å². The first-order chi connectivity index (χ1) is 8.29. The van der Waals surface area contributed by atoms with Crippen LogP contribution in [0.3, 0.4) is 0 Å². The maximum Gasteiger partial charge on any atom is 0.188 e. The van der Waals surface area contributed by atoms with Crippen LogP contribution in [0.25, 0.3) is 0 Å². The lowest BCUT2D eigenvalue weighted by molar-refractivity contribution is 0.0726. The standard InChI is InChI=1S/C13H25N3O/c1-17-12-7-3-6-11(12)9-16-13(14)15-8-10-4-2-5-10/h10-12H,2-9H2,1H3,(H3,14,15,16). The Kier molecular flexibility index (Phi) is 4.66. The van der Waals surface area contributed by atoms with Gasteiger partial charge in [-0.15, -0.1) is 0 Å². The molecule has 0 heterocycles. The van der Waals surface area contributed by atoms with Crippen LogP contribution in [0.1, 0.15) is 38.5 Å². The number of rotatable bonds is 5. The van der Waals surface area contributed by atoms with Gasteiger partial charge in [-0.05, 0) is 31.6 Å². The van der Waals surface area contributed by atoms with Gasteiger partial charge < -0.3 is 15.8 Å². The molecule has 2 fully saturated rings. The van der Waals surface area contributed by atoms with Crippen LogP contribution in [-0.4, -0.2) is 32.3 Å². The van der Waals surface area contributed by atoms with Gasteiger partial charge in [-0.2, -0.15) is 0 Å². The molecule has 2 unspecified atom stereocenters.